The zero-order valence-electron chi connectivity index (χ0n) is 14.1. The van der Waals surface area contributed by atoms with Crippen molar-refractivity contribution in [2.45, 2.75) is 6.92 Å². The average molecular weight is 512 g/mol. The van der Waals surface area contributed by atoms with Crippen LogP contribution in [0.25, 0.3) is 0 Å². The van der Waals surface area contributed by atoms with E-state index in [-0.39, 0.29) is 48.9 Å². The van der Waals surface area contributed by atoms with Gasteiger partial charge in [0.1, 0.15) is 0 Å². The number of hydrogen-bond acceptors (Lipinski definition) is 3. The standard InChI is InChI=1S/C15H22BrN5O2.HI/c1-10-5-6-11(16)7-12(10)20-13(22)8-18-15(17-2)19-9-14(23)21(3)4;/h5-7H,8-9H2,1-4H3,(H,20,22)(H2,17,18,19);1H. The van der Waals surface area contributed by atoms with Gasteiger partial charge in [-0.2, -0.15) is 0 Å². The molecule has 0 saturated heterocycles. The third-order valence-electron chi connectivity index (χ3n) is 3.02. The number of carbonyl (C=O) groups excluding carboxylic acids is 2. The maximum Gasteiger partial charge on any atom is 0.243 e. The molecular formula is C15H23BrIN5O2. The normalized spacial score (nSPS) is 10.5. The Bertz CT molecular complexity index is 608. The lowest BCUT2D eigenvalue weighted by molar-refractivity contribution is -0.127. The SMILES string of the molecule is CN=C(NCC(=O)Nc1cc(Br)ccc1C)NCC(=O)N(C)C.I. The first-order valence-corrected chi connectivity index (χ1v) is 7.83. The molecule has 0 unspecified atom stereocenters. The Morgan fingerprint density at radius 1 is 1.21 bits per heavy atom. The van der Waals surface area contributed by atoms with Crippen molar-refractivity contribution >= 4 is 63.4 Å². The number of guanidine groups is 1. The van der Waals surface area contributed by atoms with Gasteiger partial charge in [-0.25, -0.2) is 0 Å². The van der Waals surface area contributed by atoms with Crippen molar-refractivity contribution in [3.63, 3.8) is 0 Å². The van der Waals surface area contributed by atoms with E-state index >= 15 is 0 Å². The van der Waals surface area contributed by atoms with Crippen LogP contribution in [0.4, 0.5) is 5.69 Å². The topological polar surface area (TPSA) is 85.8 Å². The Morgan fingerprint density at radius 2 is 1.83 bits per heavy atom. The minimum absolute atomic E-state index is 0. The summed E-state index contributed by atoms with van der Waals surface area (Å²) in [6.07, 6.45) is 0. The van der Waals surface area contributed by atoms with E-state index in [1.165, 1.54) is 4.90 Å². The van der Waals surface area contributed by atoms with Crippen molar-refractivity contribution in [1.29, 1.82) is 0 Å². The summed E-state index contributed by atoms with van der Waals surface area (Å²) in [7, 11) is 4.92. The smallest absolute Gasteiger partial charge is 0.243 e. The lowest BCUT2D eigenvalue weighted by Gasteiger charge is -2.14. The van der Waals surface area contributed by atoms with Gasteiger partial charge in [-0.15, -0.1) is 24.0 Å². The van der Waals surface area contributed by atoms with Crippen LogP contribution in [0.3, 0.4) is 0 Å². The van der Waals surface area contributed by atoms with Gasteiger partial charge in [0.25, 0.3) is 0 Å². The average Bonchev–Trinajstić information content (AvgIpc) is 2.50. The second-order valence-corrected chi connectivity index (χ2v) is 5.99. The van der Waals surface area contributed by atoms with Crippen LogP contribution in [0, 0.1) is 6.92 Å². The number of benzene rings is 1. The molecule has 0 aliphatic heterocycles. The van der Waals surface area contributed by atoms with E-state index in [1.807, 2.05) is 25.1 Å². The highest BCUT2D eigenvalue weighted by Crippen LogP contribution is 2.20. The molecule has 0 heterocycles. The van der Waals surface area contributed by atoms with E-state index in [9.17, 15) is 9.59 Å². The van der Waals surface area contributed by atoms with Crippen LogP contribution < -0.4 is 16.0 Å². The Balaban J connectivity index is 0.00000529. The second kappa shape index (κ2) is 11.2. The number of nitrogens with one attached hydrogen (secondary N) is 3. The second-order valence-electron chi connectivity index (χ2n) is 5.07. The number of hydrogen-bond donors (Lipinski definition) is 3. The van der Waals surface area contributed by atoms with Gasteiger partial charge in [-0.05, 0) is 24.6 Å². The number of carbonyl (C=O) groups is 2. The fourth-order valence-corrected chi connectivity index (χ4v) is 1.99. The molecule has 0 bridgehead atoms. The number of aryl methyl sites for hydroxylation is 1. The molecule has 0 fully saturated rings. The lowest BCUT2D eigenvalue weighted by atomic mass is 10.2. The molecule has 7 nitrogen and oxygen atoms in total. The molecule has 0 spiro atoms. The van der Waals surface area contributed by atoms with E-state index in [0.29, 0.717) is 5.96 Å². The first kappa shape index (κ1) is 22.6. The van der Waals surface area contributed by atoms with E-state index in [1.54, 1.807) is 21.1 Å². The third kappa shape index (κ3) is 7.95. The number of rotatable bonds is 5. The van der Waals surface area contributed by atoms with Crippen LogP contribution in [-0.2, 0) is 9.59 Å². The molecule has 1 aromatic carbocycles. The highest BCUT2D eigenvalue weighted by Gasteiger charge is 2.08. The molecule has 0 aliphatic carbocycles. The summed E-state index contributed by atoms with van der Waals surface area (Å²) in [4.78, 5) is 28.9. The van der Waals surface area contributed by atoms with E-state index in [4.69, 9.17) is 0 Å². The summed E-state index contributed by atoms with van der Waals surface area (Å²) in [5, 5.41) is 8.54. The van der Waals surface area contributed by atoms with Gasteiger partial charge in [0.15, 0.2) is 5.96 Å². The zero-order valence-corrected chi connectivity index (χ0v) is 18.1. The van der Waals surface area contributed by atoms with Gasteiger partial charge in [0, 0.05) is 31.3 Å². The highest BCUT2D eigenvalue weighted by atomic mass is 127. The molecule has 0 saturated carbocycles. The van der Waals surface area contributed by atoms with Crippen LogP contribution >= 0.6 is 39.9 Å². The van der Waals surface area contributed by atoms with Crippen LogP contribution in [0.2, 0.25) is 0 Å². The van der Waals surface area contributed by atoms with E-state index in [0.717, 1.165) is 15.7 Å². The quantitative estimate of drug-likeness (QED) is 0.318. The monoisotopic (exact) mass is 511 g/mol. The van der Waals surface area contributed by atoms with Crippen molar-refractivity contribution < 1.29 is 9.59 Å². The molecule has 0 aromatic heterocycles. The summed E-state index contributed by atoms with van der Waals surface area (Å²) >= 11 is 3.37. The number of nitrogens with zero attached hydrogens (tertiary/aromatic N) is 2. The van der Waals surface area contributed by atoms with Crippen LogP contribution in [-0.4, -0.2) is 56.9 Å². The minimum atomic E-state index is -0.201. The first-order valence-electron chi connectivity index (χ1n) is 7.04. The molecule has 1 rings (SSSR count). The predicted octanol–water partition coefficient (Wildman–Crippen LogP) is 1.57. The highest BCUT2D eigenvalue weighted by molar-refractivity contribution is 14.0. The van der Waals surface area contributed by atoms with Gasteiger partial charge >= 0.3 is 0 Å². The third-order valence-corrected chi connectivity index (χ3v) is 3.51. The van der Waals surface area contributed by atoms with Gasteiger partial charge in [-0.3, -0.25) is 14.6 Å². The summed E-state index contributed by atoms with van der Waals surface area (Å²) in [6.45, 7) is 2.07. The number of amides is 2. The largest absolute Gasteiger partial charge is 0.347 e. The molecule has 0 atom stereocenters. The fourth-order valence-electron chi connectivity index (χ4n) is 1.63. The predicted molar refractivity (Wildman–Crippen MR) is 111 cm³/mol. The molecule has 0 aliphatic rings. The molecule has 3 N–H and O–H groups in total. The lowest BCUT2D eigenvalue weighted by Crippen LogP contribution is -2.45. The van der Waals surface area contributed by atoms with Crippen molar-refractivity contribution in [1.82, 2.24) is 15.5 Å². The number of halogens is 2. The van der Waals surface area contributed by atoms with Crippen molar-refractivity contribution in [2.24, 2.45) is 4.99 Å². The van der Waals surface area contributed by atoms with Gasteiger partial charge in [-0.1, -0.05) is 22.0 Å². The molecule has 9 heteroatoms. The fraction of sp³-hybridized carbons (Fsp3) is 0.400. The van der Waals surface area contributed by atoms with Crippen molar-refractivity contribution in [3.05, 3.63) is 28.2 Å². The Kier molecular flexibility index (Phi) is 10.6. The van der Waals surface area contributed by atoms with Gasteiger partial charge in [0.2, 0.25) is 11.8 Å². The summed E-state index contributed by atoms with van der Waals surface area (Å²) in [5.74, 6) is 0.108. The molecule has 1 aromatic rings. The maximum atomic E-state index is 12.0. The molecule has 134 valence electrons. The van der Waals surface area contributed by atoms with Crippen LogP contribution in [0.15, 0.2) is 27.7 Å². The molecule has 0 radical (unpaired) electrons. The summed E-state index contributed by atoms with van der Waals surface area (Å²) < 4.78 is 0.894. The molecule has 2 amide bonds. The minimum Gasteiger partial charge on any atom is -0.347 e. The van der Waals surface area contributed by atoms with Crippen LogP contribution in [0.1, 0.15) is 5.56 Å². The Hall–Kier alpha value is -1.36. The maximum absolute atomic E-state index is 12.0. The van der Waals surface area contributed by atoms with Gasteiger partial charge in [0.05, 0.1) is 13.1 Å². The van der Waals surface area contributed by atoms with Crippen molar-refractivity contribution in [2.75, 3.05) is 39.5 Å². The molecule has 24 heavy (non-hydrogen) atoms. The number of anilines is 1. The Morgan fingerprint density at radius 3 is 2.42 bits per heavy atom. The summed E-state index contributed by atoms with van der Waals surface area (Å²) in [6, 6.07) is 5.67. The first-order chi connectivity index (χ1) is 10.8. The van der Waals surface area contributed by atoms with E-state index < -0.39 is 0 Å². The number of likely N-dealkylation sites (N-methyl/N-ethyl adjacent to an activating group) is 1. The molecular weight excluding hydrogens is 489 g/mol. The van der Waals surface area contributed by atoms with E-state index in [2.05, 4.69) is 36.9 Å². The Labute approximate surface area is 167 Å². The van der Waals surface area contributed by atoms with Crippen molar-refractivity contribution in [3.8, 4) is 0 Å². The van der Waals surface area contributed by atoms with Gasteiger partial charge < -0.3 is 20.9 Å². The number of aliphatic imine (C=N–C) groups is 1. The van der Waals surface area contributed by atoms with Crippen LogP contribution in [0.5, 0.6) is 0 Å². The summed E-state index contributed by atoms with van der Waals surface area (Å²) in [5.41, 5.74) is 1.72. The zero-order chi connectivity index (χ0) is 17.4.